The number of aliphatic hydroxyl groups excluding tert-OH is 1. The number of benzene rings is 1. The van der Waals surface area contributed by atoms with Crippen LogP contribution in [-0.2, 0) is 6.54 Å². The molecule has 4 N–H and O–H groups in total. The van der Waals surface area contributed by atoms with Crippen LogP contribution in [0.3, 0.4) is 0 Å². The second-order valence-electron chi connectivity index (χ2n) is 4.89. The lowest BCUT2D eigenvalue weighted by Gasteiger charge is -2.18. The summed E-state index contributed by atoms with van der Waals surface area (Å²) in [4.78, 5) is 12.0. The number of nitrogens with one attached hydrogen (secondary N) is 1. The largest absolute Gasteiger partial charge is 0.394 e. The first-order chi connectivity index (χ1) is 8.56. The molecule has 0 radical (unpaired) electrons. The Morgan fingerprint density at radius 2 is 2.17 bits per heavy atom. The third-order valence-electron chi connectivity index (χ3n) is 2.74. The quantitative estimate of drug-likeness (QED) is 0.712. The fourth-order valence-corrected chi connectivity index (χ4v) is 1.86. The molecule has 0 saturated heterocycles. The van der Waals surface area contributed by atoms with Crippen LogP contribution in [-0.4, -0.2) is 23.7 Å². The van der Waals surface area contributed by atoms with E-state index in [2.05, 4.69) is 19.2 Å². The van der Waals surface area contributed by atoms with Crippen LogP contribution in [0.5, 0.6) is 0 Å². The zero-order valence-electron chi connectivity index (χ0n) is 11.0. The second-order valence-corrected chi connectivity index (χ2v) is 4.89. The van der Waals surface area contributed by atoms with E-state index in [1.54, 1.807) is 12.1 Å². The Hall–Kier alpha value is -1.39. The van der Waals surface area contributed by atoms with Gasteiger partial charge >= 0.3 is 0 Å². The van der Waals surface area contributed by atoms with E-state index in [9.17, 15) is 9.90 Å². The average Bonchev–Trinajstić information content (AvgIpc) is 2.37. The van der Waals surface area contributed by atoms with Crippen LogP contribution in [0, 0.1) is 5.92 Å². The van der Waals surface area contributed by atoms with Crippen LogP contribution in [0.15, 0.2) is 24.3 Å². The standard InChI is InChI=1S/C14H22N2O2/c1-10(2)6-13(9-17)16-14(18)12-5-3-4-11(7-12)8-15/h3-5,7,10,13,17H,6,8-9,15H2,1-2H3,(H,16,18). The van der Waals surface area contributed by atoms with E-state index in [0.29, 0.717) is 18.0 Å². The van der Waals surface area contributed by atoms with Crippen LogP contribution >= 0.6 is 0 Å². The summed E-state index contributed by atoms with van der Waals surface area (Å²) in [7, 11) is 0. The van der Waals surface area contributed by atoms with Gasteiger partial charge in [-0.05, 0) is 30.0 Å². The maximum atomic E-state index is 12.0. The van der Waals surface area contributed by atoms with Gasteiger partial charge in [0.2, 0.25) is 0 Å². The smallest absolute Gasteiger partial charge is 0.251 e. The molecule has 0 aliphatic rings. The summed E-state index contributed by atoms with van der Waals surface area (Å²) in [6, 6.07) is 7.03. The minimum atomic E-state index is -0.195. The van der Waals surface area contributed by atoms with Crippen molar-refractivity contribution in [3.63, 3.8) is 0 Å². The number of hydrogen-bond donors (Lipinski definition) is 3. The molecular formula is C14H22N2O2. The lowest BCUT2D eigenvalue weighted by Crippen LogP contribution is -2.38. The summed E-state index contributed by atoms with van der Waals surface area (Å²) in [6.07, 6.45) is 0.763. The van der Waals surface area contributed by atoms with Crippen molar-refractivity contribution in [2.75, 3.05) is 6.61 Å². The van der Waals surface area contributed by atoms with Crippen molar-refractivity contribution in [2.24, 2.45) is 11.7 Å². The fraction of sp³-hybridized carbons (Fsp3) is 0.500. The monoisotopic (exact) mass is 250 g/mol. The van der Waals surface area contributed by atoms with E-state index in [1.807, 2.05) is 12.1 Å². The molecule has 1 amide bonds. The molecule has 18 heavy (non-hydrogen) atoms. The molecule has 0 spiro atoms. The lowest BCUT2D eigenvalue weighted by atomic mass is 10.0. The number of amides is 1. The van der Waals surface area contributed by atoms with E-state index in [4.69, 9.17) is 5.73 Å². The van der Waals surface area contributed by atoms with E-state index in [0.717, 1.165) is 12.0 Å². The highest BCUT2D eigenvalue weighted by molar-refractivity contribution is 5.94. The average molecular weight is 250 g/mol. The van der Waals surface area contributed by atoms with Gasteiger partial charge in [0.05, 0.1) is 12.6 Å². The number of aliphatic hydroxyl groups is 1. The first-order valence-corrected chi connectivity index (χ1v) is 6.27. The van der Waals surface area contributed by atoms with Gasteiger partial charge < -0.3 is 16.2 Å². The van der Waals surface area contributed by atoms with Gasteiger partial charge in [-0.2, -0.15) is 0 Å². The van der Waals surface area contributed by atoms with Crippen molar-refractivity contribution in [1.82, 2.24) is 5.32 Å². The first-order valence-electron chi connectivity index (χ1n) is 6.27. The zero-order chi connectivity index (χ0) is 13.5. The zero-order valence-corrected chi connectivity index (χ0v) is 11.0. The summed E-state index contributed by atoms with van der Waals surface area (Å²) in [5.74, 6) is 0.267. The Morgan fingerprint density at radius 3 is 2.72 bits per heavy atom. The second kappa shape index (κ2) is 7.13. The predicted molar refractivity (Wildman–Crippen MR) is 72.1 cm³/mol. The van der Waals surface area contributed by atoms with Gasteiger partial charge in [-0.25, -0.2) is 0 Å². The van der Waals surface area contributed by atoms with Crippen LogP contribution in [0.1, 0.15) is 36.2 Å². The SMILES string of the molecule is CC(C)CC(CO)NC(=O)c1cccc(CN)c1. The normalized spacial score (nSPS) is 12.5. The molecular weight excluding hydrogens is 228 g/mol. The van der Waals surface area contributed by atoms with E-state index in [1.165, 1.54) is 0 Å². The van der Waals surface area contributed by atoms with E-state index < -0.39 is 0 Å². The van der Waals surface area contributed by atoms with Gasteiger partial charge in [-0.3, -0.25) is 4.79 Å². The van der Waals surface area contributed by atoms with Crippen molar-refractivity contribution in [2.45, 2.75) is 32.9 Å². The molecule has 0 heterocycles. The van der Waals surface area contributed by atoms with Gasteiger partial charge in [0, 0.05) is 12.1 Å². The minimum Gasteiger partial charge on any atom is -0.394 e. The summed E-state index contributed by atoms with van der Waals surface area (Å²) in [6.45, 7) is 4.49. The Labute approximate surface area is 108 Å². The summed E-state index contributed by atoms with van der Waals surface area (Å²) >= 11 is 0. The maximum absolute atomic E-state index is 12.0. The highest BCUT2D eigenvalue weighted by Crippen LogP contribution is 2.08. The molecule has 0 aliphatic heterocycles. The molecule has 1 aromatic carbocycles. The topological polar surface area (TPSA) is 75.3 Å². The Balaban J connectivity index is 2.68. The molecule has 0 fully saturated rings. The summed E-state index contributed by atoms with van der Waals surface area (Å²) in [5.41, 5.74) is 7.05. The van der Waals surface area contributed by atoms with Crippen molar-refractivity contribution < 1.29 is 9.90 Å². The van der Waals surface area contributed by atoms with Crippen LogP contribution in [0.2, 0.25) is 0 Å². The van der Waals surface area contributed by atoms with Crippen LogP contribution in [0.25, 0.3) is 0 Å². The van der Waals surface area contributed by atoms with Crippen molar-refractivity contribution in [1.29, 1.82) is 0 Å². The van der Waals surface area contributed by atoms with Crippen LogP contribution in [0.4, 0.5) is 0 Å². The number of carbonyl (C=O) groups is 1. The number of nitrogens with two attached hydrogens (primary N) is 1. The van der Waals surface area contributed by atoms with Crippen LogP contribution < -0.4 is 11.1 Å². The third-order valence-corrected chi connectivity index (χ3v) is 2.74. The Bertz CT molecular complexity index is 391. The predicted octanol–water partition coefficient (Wildman–Crippen LogP) is 1.28. The summed E-state index contributed by atoms with van der Waals surface area (Å²) < 4.78 is 0. The third kappa shape index (κ3) is 4.47. The number of hydrogen-bond acceptors (Lipinski definition) is 3. The van der Waals surface area contributed by atoms with E-state index >= 15 is 0 Å². The molecule has 1 aromatic rings. The molecule has 0 bridgehead atoms. The molecule has 0 aromatic heterocycles. The first kappa shape index (κ1) is 14.7. The molecule has 4 nitrogen and oxygen atoms in total. The van der Waals surface area contributed by atoms with Crippen molar-refractivity contribution >= 4 is 5.91 Å². The van der Waals surface area contributed by atoms with Gasteiger partial charge in [0.25, 0.3) is 5.91 Å². The van der Waals surface area contributed by atoms with Gasteiger partial charge in [-0.15, -0.1) is 0 Å². The number of rotatable bonds is 6. The molecule has 0 saturated carbocycles. The Kier molecular flexibility index (Phi) is 5.82. The molecule has 1 rings (SSSR count). The van der Waals surface area contributed by atoms with Gasteiger partial charge in [0.15, 0.2) is 0 Å². The van der Waals surface area contributed by atoms with Gasteiger partial charge in [-0.1, -0.05) is 26.0 Å². The van der Waals surface area contributed by atoms with Gasteiger partial charge in [0.1, 0.15) is 0 Å². The highest BCUT2D eigenvalue weighted by atomic mass is 16.3. The van der Waals surface area contributed by atoms with E-state index in [-0.39, 0.29) is 18.6 Å². The molecule has 100 valence electrons. The molecule has 4 heteroatoms. The Morgan fingerprint density at radius 1 is 1.44 bits per heavy atom. The molecule has 1 atom stereocenters. The molecule has 0 aliphatic carbocycles. The number of carbonyl (C=O) groups excluding carboxylic acids is 1. The summed E-state index contributed by atoms with van der Waals surface area (Å²) in [5, 5.41) is 12.1. The fourth-order valence-electron chi connectivity index (χ4n) is 1.86. The minimum absolute atomic E-state index is 0.0412. The molecule has 1 unspecified atom stereocenters. The van der Waals surface area contributed by atoms with Crippen molar-refractivity contribution in [3.05, 3.63) is 35.4 Å². The van der Waals surface area contributed by atoms with Crippen molar-refractivity contribution in [3.8, 4) is 0 Å². The maximum Gasteiger partial charge on any atom is 0.251 e. The lowest BCUT2D eigenvalue weighted by molar-refractivity contribution is 0.0908. The highest BCUT2D eigenvalue weighted by Gasteiger charge is 2.14.